The molecule has 31 heavy (non-hydrogen) atoms. The number of benzene rings is 1. The van der Waals surface area contributed by atoms with Gasteiger partial charge in [0.1, 0.15) is 23.6 Å². The minimum Gasteiger partial charge on any atom is -0.493 e. The van der Waals surface area contributed by atoms with Gasteiger partial charge in [-0.1, -0.05) is 32.0 Å². The molecule has 8 heteroatoms. The van der Waals surface area contributed by atoms with Gasteiger partial charge in [-0.25, -0.2) is 4.79 Å². The highest BCUT2D eigenvalue weighted by atomic mass is 28.4. The van der Waals surface area contributed by atoms with E-state index in [1.165, 1.54) is 0 Å². The van der Waals surface area contributed by atoms with Crippen LogP contribution in [0.2, 0.25) is 18.1 Å². The van der Waals surface area contributed by atoms with Crippen molar-refractivity contribution in [3.05, 3.63) is 29.8 Å². The van der Waals surface area contributed by atoms with Crippen molar-refractivity contribution in [3.8, 4) is 5.75 Å². The fourth-order valence-corrected chi connectivity index (χ4v) is 3.68. The molecule has 1 aromatic carbocycles. The summed E-state index contributed by atoms with van der Waals surface area (Å²) in [6.45, 7) is 15.3. The Labute approximate surface area is 187 Å². The van der Waals surface area contributed by atoms with E-state index in [0.717, 1.165) is 12.8 Å². The first-order valence-electron chi connectivity index (χ1n) is 10.8. The van der Waals surface area contributed by atoms with Gasteiger partial charge in [0, 0.05) is 5.56 Å². The number of para-hydroxylation sites is 1. The molecule has 7 nitrogen and oxygen atoms in total. The van der Waals surface area contributed by atoms with Crippen LogP contribution in [-0.2, 0) is 4.74 Å². The molecular weight excluding hydrogens is 414 g/mol. The van der Waals surface area contributed by atoms with Gasteiger partial charge < -0.3 is 29.8 Å². The summed E-state index contributed by atoms with van der Waals surface area (Å²) in [4.78, 5) is 22.4. The van der Waals surface area contributed by atoms with Gasteiger partial charge in [0.25, 0.3) is 0 Å². The van der Waals surface area contributed by atoms with E-state index in [9.17, 15) is 19.8 Å². The number of rotatable bonds is 10. The summed E-state index contributed by atoms with van der Waals surface area (Å²) in [6.07, 6.45) is -1.58. The quantitative estimate of drug-likeness (QED) is 0.312. The van der Waals surface area contributed by atoms with Crippen molar-refractivity contribution in [1.29, 1.82) is 0 Å². The Morgan fingerprint density at radius 3 is 2.26 bits per heavy atom. The van der Waals surface area contributed by atoms with E-state index in [4.69, 9.17) is 9.47 Å². The zero-order valence-electron chi connectivity index (χ0n) is 20.2. The Hall–Kier alpha value is -1.61. The first-order chi connectivity index (χ1) is 14.0. The fourth-order valence-electron chi connectivity index (χ4n) is 2.89. The number of carbonyl (C=O) groups excluding carboxylic acids is 1. The molecular formula is C23H41NO6Si. The van der Waals surface area contributed by atoms with Crippen LogP contribution in [0.15, 0.2) is 24.3 Å². The predicted octanol–water partition coefficient (Wildman–Crippen LogP) is 4.13. The smallest absolute Gasteiger partial charge is 0.407 e. The van der Waals surface area contributed by atoms with Crippen LogP contribution < -0.4 is 10.1 Å². The van der Waals surface area contributed by atoms with Crippen LogP contribution >= 0.6 is 0 Å². The molecule has 0 spiro atoms. The van der Waals surface area contributed by atoms with Crippen LogP contribution in [0, 0.1) is 0 Å². The number of aliphatic hydroxyl groups is 2. The van der Waals surface area contributed by atoms with Crippen molar-refractivity contribution in [2.45, 2.75) is 96.4 Å². The SMILES string of the molecule is C[C@@H](NC(=O)OC(C)(C)C)[C@@H](O)[C@H](O)c1ccccc1OCCCC(C)(C)[Si](C)(C)O. The summed E-state index contributed by atoms with van der Waals surface area (Å²) in [5, 5.41) is 23.7. The van der Waals surface area contributed by atoms with Crippen LogP contribution in [0.3, 0.4) is 0 Å². The molecule has 0 unspecified atom stereocenters. The number of aliphatic hydroxyl groups excluding tert-OH is 2. The highest BCUT2D eigenvalue weighted by Crippen LogP contribution is 2.39. The highest BCUT2D eigenvalue weighted by molar-refractivity contribution is 6.72. The van der Waals surface area contributed by atoms with Crippen molar-refractivity contribution in [1.82, 2.24) is 5.32 Å². The third-order valence-electron chi connectivity index (χ3n) is 5.68. The molecule has 1 aromatic rings. The lowest BCUT2D eigenvalue weighted by Gasteiger charge is -2.35. The molecule has 0 aromatic heterocycles. The normalized spacial score (nSPS) is 15.7. The minimum absolute atomic E-state index is 0.131. The van der Waals surface area contributed by atoms with E-state index >= 15 is 0 Å². The van der Waals surface area contributed by atoms with Crippen LogP contribution in [0.1, 0.15) is 66.1 Å². The average molecular weight is 456 g/mol. The lowest BCUT2D eigenvalue weighted by atomic mass is 9.99. The monoisotopic (exact) mass is 455 g/mol. The minimum atomic E-state index is -2.27. The van der Waals surface area contributed by atoms with Gasteiger partial charge in [-0.3, -0.25) is 0 Å². The number of hydrogen-bond acceptors (Lipinski definition) is 6. The van der Waals surface area contributed by atoms with Gasteiger partial charge in [0.15, 0.2) is 8.32 Å². The molecule has 0 fully saturated rings. The molecule has 0 radical (unpaired) electrons. The Bertz CT molecular complexity index is 711. The molecule has 0 heterocycles. The second-order valence-electron chi connectivity index (χ2n) is 10.3. The average Bonchev–Trinajstić information content (AvgIpc) is 2.61. The summed E-state index contributed by atoms with van der Waals surface area (Å²) < 4.78 is 11.1. The van der Waals surface area contributed by atoms with Gasteiger partial charge in [-0.2, -0.15) is 0 Å². The molecule has 0 bridgehead atoms. The molecule has 1 rings (SSSR count). The van der Waals surface area contributed by atoms with Crippen LogP contribution in [0.4, 0.5) is 4.79 Å². The van der Waals surface area contributed by atoms with E-state index in [2.05, 4.69) is 19.2 Å². The lowest BCUT2D eigenvalue weighted by molar-refractivity contribution is -0.00780. The number of hydrogen-bond donors (Lipinski definition) is 4. The van der Waals surface area contributed by atoms with Crippen molar-refractivity contribution in [2.75, 3.05) is 6.61 Å². The van der Waals surface area contributed by atoms with E-state index in [1.807, 2.05) is 13.1 Å². The Morgan fingerprint density at radius 1 is 1.13 bits per heavy atom. The molecule has 0 aliphatic heterocycles. The van der Waals surface area contributed by atoms with E-state index in [0.29, 0.717) is 17.9 Å². The number of ether oxygens (including phenoxy) is 2. The van der Waals surface area contributed by atoms with Crippen LogP contribution in [-0.4, -0.2) is 53.8 Å². The van der Waals surface area contributed by atoms with Crippen LogP contribution in [0.25, 0.3) is 0 Å². The molecule has 1 amide bonds. The first kappa shape index (κ1) is 27.4. The van der Waals surface area contributed by atoms with Gasteiger partial charge in [0.05, 0.1) is 12.6 Å². The fraction of sp³-hybridized carbons (Fsp3) is 0.696. The van der Waals surface area contributed by atoms with E-state index < -0.39 is 38.3 Å². The Kier molecular flexibility index (Phi) is 9.56. The molecule has 0 aliphatic rings. The van der Waals surface area contributed by atoms with Crippen molar-refractivity contribution in [2.24, 2.45) is 0 Å². The standard InChI is InChI=1S/C23H41NO6Si/c1-16(24-21(27)30-22(2,3)4)19(25)20(26)17-12-9-10-13-18(17)29-15-11-14-23(5,6)31(7,8)28/h9-10,12-13,16,19-20,25-26,28H,11,14-15H2,1-8H3,(H,24,27)/t16-,19-,20-/m1/s1. The number of nitrogens with one attached hydrogen (secondary N) is 1. The highest BCUT2D eigenvalue weighted by Gasteiger charge is 2.37. The number of carbonyl (C=O) groups is 1. The van der Waals surface area contributed by atoms with Gasteiger partial charge in [-0.05, 0) is 64.7 Å². The summed E-state index contributed by atoms with van der Waals surface area (Å²) in [6, 6.07) is 6.25. The van der Waals surface area contributed by atoms with Crippen molar-refractivity contribution in [3.63, 3.8) is 0 Å². The summed E-state index contributed by atoms with van der Waals surface area (Å²) in [7, 11) is -2.27. The second-order valence-corrected chi connectivity index (χ2v) is 14.8. The maximum Gasteiger partial charge on any atom is 0.407 e. The topological polar surface area (TPSA) is 108 Å². The van der Waals surface area contributed by atoms with Crippen molar-refractivity contribution < 1.29 is 29.3 Å². The zero-order valence-corrected chi connectivity index (χ0v) is 21.2. The third kappa shape index (κ3) is 8.80. The zero-order chi connectivity index (χ0) is 24.0. The number of amides is 1. The van der Waals surface area contributed by atoms with Gasteiger partial charge in [-0.15, -0.1) is 0 Å². The van der Waals surface area contributed by atoms with Gasteiger partial charge >= 0.3 is 6.09 Å². The molecule has 4 N–H and O–H groups in total. The third-order valence-corrected chi connectivity index (χ3v) is 9.24. The second kappa shape index (κ2) is 10.8. The summed E-state index contributed by atoms with van der Waals surface area (Å²) in [5.74, 6) is 0.483. The molecule has 178 valence electrons. The largest absolute Gasteiger partial charge is 0.493 e. The number of alkyl carbamates (subject to hydrolysis) is 1. The summed E-state index contributed by atoms with van der Waals surface area (Å²) in [5.41, 5.74) is -0.209. The maximum absolute atomic E-state index is 12.0. The molecule has 0 saturated heterocycles. The maximum atomic E-state index is 12.0. The molecule has 0 saturated carbocycles. The first-order valence-corrected chi connectivity index (χ1v) is 13.8. The Morgan fingerprint density at radius 2 is 1.71 bits per heavy atom. The molecule has 3 atom stereocenters. The lowest BCUT2D eigenvalue weighted by Crippen LogP contribution is -2.45. The summed E-state index contributed by atoms with van der Waals surface area (Å²) >= 11 is 0. The van der Waals surface area contributed by atoms with E-state index in [1.54, 1.807) is 52.0 Å². The predicted molar refractivity (Wildman–Crippen MR) is 125 cm³/mol. The molecule has 0 aliphatic carbocycles. The van der Waals surface area contributed by atoms with E-state index in [-0.39, 0.29) is 5.04 Å². The Balaban J connectivity index is 2.73. The van der Waals surface area contributed by atoms with Crippen LogP contribution in [0.5, 0.6) is 5.75 Å². The van der Waals surface area contributed by atoms with Gasteiger partial charge in [0.2, 0.25) is 0 Å². The van der Waals surface area contributed by atoms with Crippen molar-refractivity contribution >= 4 is 14.4 Å².